The highest BCUT2D eigenvalue weighted by atomic mass is 79.9. The number of aliphatic carboxylic acids is 1. The third-order valence-corrected chi connectivity index (χ3v) is 6.57. The Kier molecular flexibility index (Phi) is 6.66. The van der Waals surface area contributed by atoms with Crippen LogP contribution in [0.2, 0.25) is 0 Å². The summed E-state index contributed by atoms with van der Waals surface area (Å²) in [5, 5.41) is 11.0. The molecule has 1 heterocycles. The molecule has 0 fully saturated rings. The lowest BCUT2D eigenvalue weighted by Gasteiger charge is -2.14. The van der Waals surface area contributed by atoms with Gasteiger partial charge in [0.1, 0.15) is 5.75 Å². The standard InChI is InChI=1S/C27H26BrNO3/c1-18-24(15-21(27(30)31)14-19-6-4-3-5-7-19)25-16-23(32-2)12-13-26(25)29(18)17-20-8-10-22(28)11-9-20/h3-13,16,21H,14-15,17H2,1-2H3,(H,30,31). The number of hydrogen-bond donors (Lipinski definition) is 1. The fourth-order valence-electron chi connectivity index (χ4n) is 4.28. The minimum absolute atomic E-state index is 0.465. The average molecular weight is 492 g/mol. The van der Waals surface area contributed by atoms with Crippen LogP contribution in [0.1, 0.15) is 22.4 Å². The van der Waals surface area contributed by atoms with Gasteiger partial charge in [-0.3, -0.25) is 4.79 Å². The monoisotopic (exact) mass is 491 g/mol. The maximum atomic E-state index is 12.2. The van der Waals surface area contributed by atoms with Gasteiger partial charge in [-0.05, 0) is 66.8 Å². The van der Waals surface area contributed by atoms with E-state index in [0.29, 0.717) is 12.8 Å². The molecule has 0 aliphatic heterocycles. The third kappa shape index (κ3) is 4.73. The van der Waals surface area contributed by atoms with Crippen LogP contribution in [0.25, 0.3) is 10.9 Å². The first-order valence-electron chi connectivity index (χ1n) is 10.6. The second kappa shape index (κ2) is 9.61. The third-order valence-electron chi connectivity index (χ3n) is 6.04. The number of fused-ring (bicyclic) bond motifs is 1. The number of nitrogens with zero attached hydrogens (tertiary/aromatic N) is 1. The number of carboxylic acids is 1. The van der Waals surface area contributed by atoms with Gasteiger partial charge in [0.25, 0.3) is 0 Å². The van der Waals surface area contributed by atoms with Gasteiger partial charge in [0.15, 0.2) is 0 Å². The van der Waals surface area contributed by atoms with E-state index < -0.39 is 11.9 Å². The van der Waals surface area contributed by atoms with E-state index in [1.165, 1.54) is 5.56 Å². The highest BCUT2D eigenvalue weighted by Crippen LogP contribution is 2.32. The highest BCUT2D eigenvalue weighted by Gasteiger charge is 2.24. The number of rotatable bonds is 8. The topological polar surface area (TPSA) is 51.5 Å². The highest BCUT2D eigenvalue weighted by molar-refractivity contribution is 9.10. The van der Waals surface area contributed by atoms with E-state index in [0.717, 1.165) is 44.5 Å². The van der Waals surface area contributed by atoms with Crippen molar-refractivity contribution in [1.29, 1.82) is 0 Å². The Labute approximate surface area is 196 Å². The Morgan fingerprint density at radius 2 is 1.72 bits per heavy atom. The second-order valence-electron chi connectivity index (χ2n) is 8.09. The van der Waals surface area contributed by atoms with Gasteiger partial charge in [0, 0.05) is 27.6 Å². The van der Waals surface area contributed by atoms with E-state index in [1.807, 2.05) is 54.6 Å². The Balaban J connectivity index is 1.75. The summed E-state index contributed by atoms with van der Waals surface area (Å²) in [6.07, 6.45) is 0.964. The van der Waals surface area contributed by atoms with Gasteiger partial charge in [0.05, 0.1) is 13.0 Å². The molecule has 4 nitrogen and oxygen atoms in total. The molecule has 1 atom stereocenters. The van der Waals surface area contributed by atoms with Gasteiger partial charge in [-0.1, -0.05) is 58.4 Å². The molecule has 32 heavy (non-hydrogen) atoms. The normalized spacial score (nSPS) is 12.1. The molecule has 1 aromatic heterocycles. The van der Waals surface area contributed by atoms with Crippen molar-refractivity contribution in [3.8, 4) is 5.75 Å². The number of methoxy groups -OCH3 is 1. The number of aromatic nitrogens is 1. The molecule has 0 spiro atoms. The fraction of sp³-hybridized carbons (Fsp3) is 0.222. The van der Waals surface area contributed by atoms with Crippen molar-refractivity contribution in [2.24, 2.45) is 5.92 Å². The molecule has 1 N–H and O–H groups in total. The summed E-state index contributed by atoms with van der Waals surface area (Å²) < 4.78 is 8.79. The Hall–Kier alpha value is -3.05. The molecular weight excluding hydrogens is 466 g/mol. The first-order chi connectivity index (χ1) is 15.5. The van der Waals surface area contributed by atoms with E-state index in [1.54, 1.807) is 7.11 Å². The number of ether oxygens (including phenoxy) is 1. The number of halogens is 1. The predicted octanol–water partition coefficient (Wildman–Crippen LogP) is 6.26. The van der Waals surface area contributed by atoms with Crippen molar-refractivity contribution in [2.45, 2.75) is 26.3 Å². The zero-order valence-corrected chi connectivity index (χ0v) is 19.8. The Bertz CT molecular complexity index is 1230. The summed E-state index contributed by atoms with van der Waals surface area (Å²) in [7, 11) is 1.65. The van der Waals surface area contributed by atoms with Crippen molar-refractivity contribution in [3.05, 3.63) is 99.7 Å². The van der Waals surface area contributed by atoms with Crippen molar-refractivity contribution < 1.29 is 14.6 Å². The molecule has 4 rings (SSSR count). The molecule has 0 aliphatic carbocycles. The molecule has 3 aromatic carbocycles. The summed E-state index contributed by atoms with van der Waals surface area (Å²) in [4.78, 5) is 12.2. The van der Waals surface area contributed by atoms with E-state index in [4.69, 9.17) is 4.74 Å². The fourth-order valence-corrected chi connectivity index (χ4v) is 4.55. The maximum Gasteiger partial charge on any atom is 0.307 e. The van der Waals surface area contributed by atoms with Gasteiger partial charge >= 0.3 is 5.97 Å². The van der Waals surface area contributed by atoms with Crippen molar-refractivity contribution in [2.75, 3.05) is 7.11 Å². The van der Waals surface area contributed by atoms with Crippen LogP contribution in [0.5, 0.6) is 5.75 Å². The molecule has 0 amide bonds. The maximum absolute atomic E-state index is 12.2. The molecule has 5 heteroatoms. The lowest BCUT2D eigenvalue weighted by atomic mass is 9.91. The first kappa shape index (κ1) is 22.2. The molecule has 4 aromatic rings. The molecule has 0 saturated heterocycles. The van der Waals surface area contributed by atoms with Crippen LogP contribution in [0.3, 0.4) is 0 Å². The van der Waals surface area contributed by atoms with Crippen molar-refractivity contribution >= 4 is 32.8 Å². The zero-order chi connectivity index (χ0) is 22.7. The second-order valence-corrected chi connectivity index (χ2v) is 9.00. The lowest BCUT2D eigenvalue weighted by molar-refractivity contribution is -0.141. The van der Waals surface area contributed by atoms with E-state index >= 15 is 0 Å². The van der Waals surface area contributed by atoms with Gasteiger partial charge < -0.3 is 14.4 Å². The molecule has 0 saturated carbocycles. The van der Waals surface area contributed by atoms with E-state index in [9.17, 15) is 9.90 Å². The average Bonchev–Trinajstić information content (AvgIpc) is 3.05. The van der Waals surface area contributed by atoms with Gasteiger partial charge in [0.2, 0.25) is 0 Å². The van der Waals surface area contributed by atoms with E-state index in [2.05, 4.69) is 45.6 Å². The van der Waals surface area contributed by atoms with Crippen LogP contribution < -0.4 is 4.74 Å². The van der Waals surface area contributed by atoms with Crippen LogP contribution in [-0.2, 0) is 24.2 Å². The van der Waals surface area contributed by atoms with Gasteiger partial charge in [-0.15, -0.1) is 0 Å². The number of carboxylic acid groups (broad SMARTS) is 1. The minimum Gasteiger partial charge on any atom is -0.497 e. The SMILES string of the molecule is COc1ccc2c(c1)c(CC(Cc1ccccc1)C(=O)O)c(C)n2Cc1ccc(Br)cc1. The Morgan fingerprint density at radius 3 is 2.38 bits per heavy atom. The van der Waals surface area contributed by atoms with Gasteiger partial charge in [-0.2, -0.15) is 0 Å². The number of hydrogen-bond acceptors (Lipinski definition) is 2. The van der Waals surface area contributed by atoms with E-state index in [-0.39, 0.29) is 0 Å². The van der Waals surface area contributed by atoms with Gasteiger partial charge in [-0.25, -0.2) is 0 Å². The largest absolute Gasteiger partial charge is 0.497 e. The van der Waals surface area contributed by atoms with Crippen LogP contribution in [0.4, 0.5) is 0 Å². The lowest BCUT2D eigenvalue weighted by Crippen LogP contribution is -2.19. The molecule has 0 bridgehead atoms. The smallest absolute Gasteiger partial charge is 0.307 e. The van der Waals surface area contributed by atoms with Crippen molar-refractivity contribution in [3.63, 3.8) is 0 Å². The molecule has 164 valence electrons. The summed E-state index contributed by atoms with van der Waals surface area (Å²) in [6, 6.07) is 24.2. The molecule has 0 radical (unpaired) electrons. The minimum atomic E-state index is -0.773. The summed E-state index contributed by atoms with van der Waals surface area (Å²) >= 11 is 3.50. The summed E-state index contributed by atoms with van der Waals surface area (Å²) in [5.41, 5.74) is 5.48. The molecule has 0 aliphatic rings. The number of carbonyl (C=O) groups is 1. The Morgan fingerprint density at radius 1 is 1.00 bits per heavy atom. The van der Waals surface area contributed by atoms with Crippen LogP contribution in [0.15, 0.2) is 77.3 Å². The van der Waals surface area contributed by atoms with Crippen LogP contribution >= 0.6 is 15.9 Å². The quantitative estimate of drug-likeness (QED) is 0.316. The summed E-state index contributed by atoms with van der Waals surface area (Å²) in [6.45, 7) is 2.81. The predicted molar refractivity (Wildman–Crippen MR) is 131 cm³/mol. The molecule has 1 unspecified atom stereocenters. The zero-order valence-electron chi connectivity index (χ0n) is 18.2. The first-order valence-corrected chi connectivity index (χ1v) is 11.4. The summed E-state index contributed by atoms with van der Waals surface area (Å²) in [5.74, 6) is -0.506. The van der Waals surface area contributed by atoms with Crippen LogP contribution in [-0.4, -0.2) is 22.8 Å². The van der Waals surface area contributed by atoms with Crippen LogP contribution in [0, 0.1) is 12.8 Å². The number of benzene rings is 3. The molecular formula is C27H26BrNO3. The van der Waals surface area contributed by atoms with Crippen molar-refractivity contribution in [1.82, 2.24) is 4.57 Å².